The lowest BCUT2D eigenvalue weighted by Gasteiger charge is -2.43. The number of hydrogen-bond acceptors (Lipinski definition) is 11. The van der Waals surface area contributed by atoms with Crippen molar-refractivity contribution in [3.05, 3.63) is 40.2 Å². The number of aryl methyl sites for hydroxylation is 1. The summed E-state index contributed by atoms with van der Waals surface area (Å²) in [7, 11) is 0. The number of ether oxygens (including phenoxy) is 5. The molecule has 1 fully saturated rings. The number of aliphatic hydroxyl groups excluding tert-OH is 1. The number of fused-ring (bicyclic) bond motifs is 1. The maximum absolute atomic E-state index is 11.8. The molecule has 1 aromatic carbocycles. The molecule has 178 valence electrons. The lowest BCUT2D eigenvalue weighted by Crippen LogP contribution is -2.63. The molecular formula is C22H24O11. The van der Waals surface area contributed by atoms with E-state index >= 15 is 0 Å². The fraction of sp³-hybridized carbons (Fsp3) is 0.455. The van der Waals surface area contributed by atoms with Crippen LogP contribution < -0.4 is 10.4 Å². The molecule has 11 heteroatoms. The minimum atomic E-state index is -1.36. The first-order valence-electron chi connectivity index (χ1n) is 10.1. The van der Waals surface area contributed by atoms with Gasteiger partial charge in [0, 0.05) is 38.3 Å². The van der Waals surface area contributed by atoms with Crippen LogP contribution in [0.5, 0.6) is 5.75 Å². The minimum absolute atomic E-state index is 0.183. The molecule has 1 N–H and O–H groups in total. The summed E-state index contributed by atoms with van der Waals surface area (Å²) in [6, 6.07) is 6.05. The highest BCUT2D eigenvalue weighted by Gasteiger charge is 2.52. The first-order valence-corrected chi connectivity index (χ1v) is 10.1. The Hall–Kier alpha value is -3.44. The summed E-state index contributed by atoms with van der Waals surface area (Å²) in [4.78, 5) is 46.9. The predicted octanol–water partition coefficient (Wildman–Crippen LogP) is 0.993. The molecule has 2 aromatic rings. The highest BCUT2D eigenvalue weighted by Crippen LogP contribution is 2.31. The quantitative estimate of drug-likeness (QED) is 0.371. The Morgan fingerprint density at radius 1 is 0.939 bits per heavy atom. The molecule has 5 atom stereocenters. The molecule has 0 radical (unpaired) electrons. The molecule has 0 spiro atoms. The third-order valence-corrected chi connectivity index (χ3v) is 4.85. The second-order valence-corrected chi connectivity index (χ2v) is 7.47. The van der Waals surface area contributed by atoms with Gasteiger partial charge in [-0.25, -0.2) is 4.79 Å². The highest BCUT2D eigenvalue weighted by atomic mass is 16.7. The van der Waals surface area contributed by atoms with Gasteiger partial charge in [0.15, 0.2) is 12.2 Å². The van der Waals surface area contributed by atoms with Gasteiger partial charge in [0.25, 0.3) is 0 Å². The number of benzene rings is 1. The van der Waals surface area contributed by atoms with Gasteiger partial charge in [-0.2, -0.15) is 0 Å². The van der Waals surface area contributed by atoms with Crippen molar-refractivity contribution in [1.29, 1.82) is 0 Å². The van der Waals surface area contributed by atoms with Crippen molar-refractivity contribution in [2.45, 2.75) is 58.4 Å². The van der Waals surface area contributed by atoms with Crippen LogP contribution in [0.15, 0.2) is 33.5 Å². The fourth-order valence-electron chi connectivity index (χ4n) is 3.61. The molecule has 0 amide bonds. The maximum atomic E-state index is 11.8. The Bertz CT molecular complexity index is 1110. The van der Waals surface area contributed by atoms with Gasteiger partial charge in [0.2, 0.25) is 12.4 Å². The van der Waals surface area contributed by atoms with Crippen molar-refractivity contribution < 1.29 is 47.6 Å². The molecule has 11 nitrogen and oxygen atoms in total. The average molecular weight is 464 g/mol. The van der Waals surface area contributed by atoms with Crippen LogP contribution in [-0.2, 0) is 33.3 Å². The number of hydrogen-bond donors (Lipinski definition) is 1. The highest BCUT2D eigenvalue weighted by molar-refractivity contribution is 5.81. The number of aliphatic hydroxyl groups is 1. The van der Waals surface area contributed by atoms with E-state index in [1.807, 2.05) is 0 Å². The molecule has 1 aromatic heterocycles. The molecule has 3 rings (SSSR count). The normalized spacial score (nSPS) is 24.7. The minimum Gasteiger partial charge on any atom is -0.461 e. The second kappa shape index (κ2) is 10.0. The van der Waals surface area contributed by atoms with Gasteiger partial charge < -0.3 is 33.2 Å². The van der Waals surface area contributed by atoms with Crippen LogP contribution in [0.1, 0.15) is 26.3 Å². The summed E-state index contributed by atoms with van der Waals surface area (Å²) in [5.74, 6) is -2.02. The van der Waals surface area contributed by atoms with Gasteiger partial charge in [-0.3, -0.25) is 14.4 Å². The topological polar surface area (TPSA) is 148 Å². The molecule has 0 saturated carbocycles. The van der Waals surface area contributed by atoms with E-state index < -0.39 is 60.8 Å². The molecule has 33 heavy (non-hydrogen) atoms. The first-order chi connectivity index (χ1) is 15.6. The largest absolute Gasteiger partial charge is 0.461 e. The lowest BCUT2D eigenvalue weighted by atomic mass is 9.98. The predicted molar refractivity (Wildman–Crippen MR) is 110 cm³/mol. The molecule has 1 aliphatic rings. The molecular weight excluding hydrogens is 440 g/mol. The van der Waals surface area contributed by atoms with Crippen LogP contribution in [0, 0.1) is 6.92 Å². The Balaban J connectivity index is 2.00. The van der Waals surface area contributed by atoms with E-state index in [1.165, 1.54) is 12.1 Å². The fourth-order valence-corrected chi connectivity index (χ4v) is 3.61. The van der Waals surface area contributed by atoms with E-state index in [4.69, 9.17) is 28.1 Å². The third-order valence-electron chi connectivity index (χ3n) is 4.85. The third kappa shape index (κ3) is 5.68. The average Bonchev–Trinajstić information content (AvgIpc) is 2.70. The standard InChI is InChI=1S/C22H24O11/c1-10-7-18(27)32-16-8-14(5-6-15(10)16)31-22-21(30-13(4)26)20(29-12(3)25)19(28-11(2)24)17(9-23)33-22/h5-8,17,19-23H,9H2,1-4H3/t17?,19-,20+,21+,22-/m1/s1. The molecule has 1 unspecified atom stereocenters. The van der Waals surface area contributed by atoms with Crippen molar-refractivity contribution in [3.8, 4) is 5.75 Å². The van der Waals surface area contributed by atoms with Crippen molar-refractivity contribution in [2.75, 3.05) is 6.61 Å². The second-order valence-electron chi connectivity index (χ2n) is 7.47. The van der Waals surface area contributed by atoms with Crippen LogP contribution in [0.3, 0.4) is 0 Å². The Morgan fingerprint density at radius 2 is 1.55 bits per heavy atom. The van der Waals surface area contributed by atoms with E-state index in [9.17, 15) is 24.3 Å². The van der Waals surface area contributed by atoms with Crippen LogP contribution >= 0.6 is 0 Å². The number of rotatable bonds is 6. The van der Waals surface area contributed by atoms with Gasteiger partial charge >= 0.3 is 23.5 Å². The van der Waals surface area contributed by atoms with E-state index in [0.717, 1.165) is 20.8 Å². The van der Waals surface area contributed by atoms with Gasteiger partial charge in [-0.05, 0) is 24.6 Å². The number of carbonyl (C=O) groups excluding carboxylic acids is 3. The van der Waals surface area contributed by atoms with Gasteiger partial charge in [0.1, 0.15) is 17.4 Å². The summed E-state index contributed by atoms with van der Waals surface area (Å²) in [5, 5.41) is 10.5. The molecule has 2 heterocycles. The maximum Gasteiger partial charge on any atom is 0.336 e. The van der Waals surface area contributed by atoms with Crippen LogP contribution in [0.25, 0.3) is 11.0 Å². The first kappa shape index (κ1) is 24.2. The van der Waals surface area contributed by atoms with Gasteiger partial charge in [0.05, 0.1) is 6.61 Å². The number of carbonyl (C=O) groups is 3. The summed E-state index contributed by atoms with van der Waals surface area (Å²) in [5.41, 5.74) is 0.424. The van der Waals surface area contributed by atoms with Gasteiger partial charge in [-0.15, -0.1) is 0 Å². The smallest absolute Gasteiger partial charge is 0.336 e. The van der Waals surface area contributed by atoms with Crippen LogP contribution in [-0.4, -0.2) is 60.3 Å². The van der Waals surface area contributed by atoms with E-state index in [2.05, 4.69) is 0 Å². The van der Waals surface area contributed by atoms with Gasteiger partial charge in [-0.1, -0.05) is 0 Å². The Kier molecular flexibility index (Phi) is 7.34. The Labute approximate surface area is 188 Å². The van der Waals surface area contributed by atoms with Crippen LogP contribution in [0.4, 0.5) is 0 Å². The summed E-state index contributed by atoms with van der Waals surface area (Å²) in [6.45, 7) is 4.53. The lowest BCUT2D eigenvalue weighted by molar-refractivity contribution is -0.287. The monoisotopic (exact) mass is 464 g/mol. The summed E-state index contributed by atoms with van der Waals surface area (Å²) < 4.78 is 32.6. The zero-order valence-corrected chi connectivity index (χ0v) is 18.4. The Morgan fingerprint density at radius 3 is 2.15 bits per heavy atom. The molecule has 1 aliphatic heterocycles. The molecule has 0 bridgehead atoms. The number of esters is 3. The zero-order chi connectivity index (χ0) is 24.3. The van der Waals surface area contributed by atoms with E-state index in [-0.39, 0.29) is 11.3 Å². The molecule has 1 saturated heterocycles. The van der Waals surface area contributed by atoms with Crippen molar-refractivity contribution in [3.63, 3.8) is 0 Å². The van der Waals surface area contributed by atoms with E-state index in [1.54, 1.807) is 19.1 Å². The SMILES string of the molecule is CC(=O)O[C@@H]1[C@H](Oc2ccc3c(C)cc(=O)oc3c2)OC(CO)[C@@H](OC(C)=O)[C@@H]1OC(C)=O. The summed E-state index contributed by atoms with van der Waals surface area (Å²) in [6.07, 6.45) is -6.46. The zero-order valence-electron chi connectivity index (χ0n) is 18.4. The van der Waals surface area contributed by atoms with E-state index in [0.29, 0.717) is 10.9 Å². The van der Waals surface area contributed by atoms with Crippen molar-refractivity contribution in [2.24, 2.45) is 0 Å². The van der Waals surface area contributed by atoms with Crippen LogP contribution in [0.2, 0.25) is 0 Å². The van der Waals surface area contributed by atoms with Crippen molar-refractivity contribution >= 4 is 28.9 Å². The van der Waals surface area contributed by atoms with Crippen molar-refractivity contribution in [1.82, 2.24) is 0 Å². The summed E-state index contributed by atoms with van der Waals surface area (Å²) >= 11 is 0. The molecule has 0 aliphatic carbocycles.